The van der Waals surface area contributed by atoms with E-state index in [9.17, 15) is 22.4 Å². The maximum atomic E-state index is 15.2. The quantitative estimate of drug-likeness (QED) is 0.0977. The summed E-state index contributed by atoms with van der Waals surface area (Å²) in [5.74, 6) is -8.10. The number of nitrogens with zero attached hydrogens (tertiary/aromatic N) is 1. The van der Waals surface area contributed by atoms with Crippen LogP contribution in [-0.4, -0.2) is 29.9 Å². The van der Waals surface area contributed by atoms with Gasteiger partial charge in [-0.1, -0.05) is 72.3 Å². The van der Waals surface area contributed by atoms with E-state index in [2.05, 4.69) is 28.2 Å². The number of halogens is 7. The number of alkyl halides is 6. The van der Waals surface area contributed by atoms with E-state index in [0.717, 1.165) is 0 Å². The first-order chi connectivity index (χ1) is 21.7. The molecule has 0 fully saturated rings. The molecule has 1 amide bonds. The van der Waals surface area contributed by atoms with Crippen molar-refractivity contribution in [3.05, 3.63) is 126 Å². The molecule has 1 aromatic carbocycles. The highest BCUT2D eigenvalue weighted by atomic mass is 35.5. The van der Waals surface area contributed by atoms with Crippen LogP contribution in [-0.2, 0) is 15.1 Å². The molecule has 0 saturated heterocycles. The highest BCUT2D eigenvalue weighted by molar-refractivity contribution is 6.30. The number of carbonyl (C=O) groups is 1. The fraction of sp³-hybridized carbons (Fsp3) is 0.371. The molecule has 1 unspecified atom stereocenters. The highest BCUT2D eigenvalue weighted by Crippen LogP contribution is 2.41. The van der Waals surface area contributed by atoms with Gasteiger partial charge in [-0.3, -0.25) is 9.78 Å². The lowest BCUT2D eigenvalue weighted by Crippen LogP contribution is -2.52. The number of allylic oxidation sites excluding steroid dienone is 7. The van der Waals surface area contributed by atoms with Crippen LogP contribution < -0.4 is 5.32 Å². The Labute approximate surface area is 271 Å². The van der Waals surface area contributed by atoms with E-state index < -0.39 is 36.3 Å². The summed E-state index contributed by atoms with van der Waals surface area (Å²) in [6, 6.07) is 10.2. The molecule has 0 bridgehead atoms. The molecule has 0 radical (unpaired) electrons. The van der Waals surface area contributed by atoms with Crippen molar-refractivity contribution in [2.24, 2.45) is 5.92 Å². The zero-order valence-electron chi connectivity index (χ0n) is 25.8. The van der Waals surface area contributed by atoms with Gasteiger partial charge in [0.2, 0.25) is 5.91 Å². The summed E-state index contributed by atoms with van der Waals surface area (Å²) in [5.41, 5.74) is -1.06. The first kappa shape index (κ1) is 38.4. The number of rotatable bonds is 18. The van der Waals surface area contributed by atoms with E-state index in [1.165, 1.54) is 54.7 Å². The summed E-state index contributed by atoms with van der Waals surface area (Å²) < 4.78 is 87.5. The van der Waals surface area contributed by atoms with Gasteiger partial charge < -0.3 is 10.1 Å². The summed E-state index contributed by atoms with van der Waals surface area (Å²) in [4.78, 5) is 18.5. The molecule has 1 N–H and O–H groups in total. The average Bonchev–Trinajstić information content (AvgIpc) is 3.01. The van der Waals surface area contributed by atoms with Crippen molar-refractivity contribution in [3.8, 4) is 0 Å². The molecule has 2 aromatic rings. The molecule has 1 aromatic heterocycles. The van der Waals surface area contributed by atoms with Gasteiger partial charge in [0.05, 0.1) is 10.7 Å². The Morgan fingerprint density at radius 3 is 2.33 bits per heavy atom. The maximum absolute atomic E-state index is 15.2. The molecule has 0 aliphatic heterocycles. The third-order valence-electron chi connectivity index (χ3n) is 7.35. The summed E-state index contributed by atoms with van der Waals surface area (Å²) >= 11 is 6.12. The van der Waals surface area contributed by atoms with Gasteiger partial charge in [-0.05, 0) is 74.8 Å². The number of hydrogen-bond acceptors (Lipinski definition) is 3. The van der Waals surface area contributed by atoms with Crippen molar-refractivity contribution in [1.82, 2.24) is 10.3 Å². The van der Waals surface area contributed by atoms with Gasteiger partial charge in [-0.25, -0.2) is 13.2 Å². The molecule has 2 rings (SSSR count). The lowest BCUT2D eigenvalue weighted by atomic mass is 9.76. The van der Waals surface area contributed by atoms with E-state index in [4.69, 9.17) is 11.6 Å². The van der Waals surface area contributed by atoms with Crippen molar-refractivity contribution in [2.75, 3.05) is 6.67 Å². The fourth-order valence-corrected chi connectivity index (χ4v) is 5.14. The maximum Gasteiger partial charge on any atom is 0.572 e. The number of nitrogens with one attached hydrogen (secondary N) is 1. The van der Waals surface area contributed by atoms with Gasteiger partial charge in [0.25, 0.3) is 5.92 Å². The van der Waals surface area contributed by atoms with Crippen LogP contribution in [0.4, 0.5) is 26.3 Å². The smallest absolute Gasteiger partial charge is 0.411 e. The van der Waals surface area contributed by atoms with Crippen molar-refractivity contribution in [3.63, 3.8) is 0 Å². The number of ether oxygens (including phenoxy) is 1. The number of pyridine rings is 1. The minimum Gasteiger partial charge on any atom is -0.411 e. The van der Waals surface area contributed by atoms with E-state index in [0.29, 0.717) is 12.0 Å². The molecule has 4 nitrogen and oxygen atoms in total. The Balaban J connectivity index is 2.75. The van der Waals surface area contributed by atoms with Gasteiger partial charge in [0.15, 0.2) is 6.67 Å². The van der Waals surface area contributed by atoms with Crippen molar-refractivity contribution >= 4 is 17.5 Å². The molecule has 11 heteroatoms. The first-order valence-corrected chi connectivity index (χ1v) is 15.0. The third-order valence-corrected chi connectivity index (χ3v) is 7.57. The number of aromatic nitrogens is 1. The van der Waals surface area contributed by atoms with E-state index >= 15 is 8.78 Å². The molecule has 46 heavy (non-hydrogen) atoms. The monoisotopic (exact) mass is 668 g/mol. The highest BCUT2D eigenvalue weighted by Gasteiger charge is 2.49. The molecule has 250 valence electrons. The van der Waals surface area contributed by atoms with Crippen molar-refractivity contribution in [1.29, 1.82) is 0 Å². The minimum absolute atomic E-state index is 0.0203. The Morgan fingerprint density at radius 1 is 1.09 bits per heavy atom. The van der Waals surface area contributed by atoms with Gasteiger partial charge in [-0.15, -0.1) is 26.3 Å². The lowest BCUT2D eigenvalue weighted by Gasteiger charge is -2.39. The lowest BCUT2D eigenvalue weighted by molar-refractivity contribution is -0.306. The van der Waals surface area contributed by atoms with Crippen LogP contribution in [0.15, 0.2) is 110 Å². The number of hydrogen-bond donors (Lipinski definition) is 1. The second-order valence-corrected chi connectivity index (χ2v) is 11.1. The van der Waals surface area contributed by atoms with E-state index in [1.54, 1.807) is 25.1 Å². The van der Waals surface area contributed by atoms with E-state index in [-0.39, 0.29) is 53.6 Å². The van der Waals surface area contributed by atoms with Crippen LogP contribution in [0.5, 0.6) is 0 Å². The number of benzene rings is 1. The van der Waals surface area contributed by atoms with Crippen LogP contribution in [0.25, 0.3) is 0 Å². The Kier molecular flexibility index (Phi) is 14.8. The summed E-state index contributed by atoms with van der Waals surface area (Å²) in [6.07, 6.45) is 6.59. The number of amides is 1. The van der Waals surface area contributed by atoms with Crippen molar-refractivity contribution in [2.45, 2.75) is 69.7 Å². The predicted octanol–water partition coefficient (Wildman–Crippen LogP) is 10.3. The van der Waals surface area contributed by atoms with Crippen LogP contribution >= 0.6 is 11.6 Å². The molecule has 0 spiro atoms. The molecular weight excluding hydrogens is 630 g/mol. The van der Waals surface area contributed by atoms with Crippen LogP contribution in [0.2, 0.25) is 5.02 Å². The predicted molar refractivity (Wildman–Crippen MR) is 170 cm³/mol. The SMILES string of the molecule is C=CC/C=C(/CC/C=C(\C)[C@](CC(C=C)C/C=C\C)(NC(=O)[C@@H](c1ccccc1)C(F)(F)CF)c1ccc(Cl)cn1)OC(F)(F)F. The normalized spacial score (nSPS) is 15.6. The molecule has 0 aliphatic rings. The van der Waals surface area contributed by atoms with Gasteiger partial charge >= 0.3 is 6.36 Å². The van der Waals surface area contributed by atoms with Crippen molar-refractivity contribution < 1.29 is 35.9 Å². The second-order valence-electron chi connectivity index (χ2n) is 10.7. The largest absolute Gasteiger partial charge is 0.572 e. The van der Waals surface area contributed by atoms with Crippen LogP contribution in [0.3, 0.4) is 0 Å². The topological polar surface area (TPSA) is 51.2 Å². The fourth-order valence-electron chi connectivity index (χ4n) is 5.03. The third kappa shape index (κ3) is 11.2. The summed E-state index contributed by atoms with van der Waals surface area (Å²) in [7, 11) is 0. The van der Waals surface area contributed by atoms with Crippen LogP contribution in [0, 0.1) is 5.92 Å². The standard InChI is InChI=1S/C35H39ClF6N2O2/c1-5-8-15-26(7-3)22-33(30-21-20-28(36)23-43-30,25(4)14-13-19-29(18-9-6-2)46-35(40,41)42)44-32(45)31(34(38,39)24-37)27-16-11-10-12-17-27/h5-8,10-12,14,16-18,20-21,23,26,31H,2-3,9,13,15,19,22,24H2,1,4H3,(H,44,45)/b8-5-,25-14+,29-18-/t26?,31-,33+/m1/s1. The minimum atomic E-state index is -4.91. The Bertz CT molecular complexity index is 1370. The second kappa shape index (κ2) is 17.8. The summed E-state index contributed by atoms with van der Waals surface area (Å²) in [6.45, 7) is 8.78. The summed E-state index contributed by atoms with van der Waals surface area (Å²) in [5, 5.41) is 3.06. The molecule has 0 saturated carbocycles. The number of carbonyl (C=O) groups excluding carboxylic acids is 1. The Morgan fingerprint density at radius 2 is 1.78 bits per heavy atom. The molecule has 1 heterocycles. The zero-order valence-corrected chi connectivity index (χ0v) is 26.6. The molecular formula is C35H39ClF6N2O2. The van der Waals surface area contributed by atoms with Crippen LogP contribution in [0.1, 0.15) is 63.1 Å². The first-order valence-electron chi connectivity index (χ1n) is 14.6. The molecule has 0 aliphatic carbocycles. The van der Waals surface area contributed by atoms with Gasteiger partial charge in [-0.2, -0.15) is 0 Å². The van der Waals surface area contributed by atoms with Gasteiger partial charge in [0, 0.05) is 12.6 Å². The average molecular weight is 669 g/mol. The van der Waals surface area contributed by atoms with Gasteiger partial charge in [0.1, 0.15) is 17.2 Å². The van der Waals surface area contributed by atoms with E-state index in [1.807, 2.05) is 19.1 Å². The zero-order chi connectivity index (χ0) is 34.4. The molecule has 3 atom stereocenters. The Hall–Kier alpha value is -3.79.